The first-order chi connectivity index (χ1) is 19.3. The van der Waals surface area contributed by atoms with Crippen LogP contribution in [-0.2, 0) is 0 Å². The van der Waals surface area contributed by atoms with Gasteiger partial charge >= 0.3 is 0 Å². The molecule has 6 aromatic carbocycles. The quantitative estimate of drug-likeness (QED) is 0.267. The minimum atomic E-state index is -0.0892. The minimum Gasteiger partial charge on any atom is -0.456 e. The number of para-hydroxylation sites is 1. The van der Waals surface area contributed by atoms with Crippen molar-refractivity contribution < 1.29 is 9.73 Å². The summed E-state index contributed by atoms with van der Waals surface area (Å²) in [4.78, 5) is 5.24. The third kappa shape index (κ3) is 3.85. The van der Waals surface area contributed by atoms with Crippen LogP contribution in [0.1, 0.15) is 29.0 Å². The molecule has 8 rings (SSSR count). The first-order valence-electron chi connectivity index (χ1n) is 13.4. The molecule has 0 saturated carbocycles. The maximum Gasteiger partial charge on any atom is 0.209 e. The third-order valence-corrected chi connectivity index (χ3v) is 7.84. The van der Waals surface area contributed by atoms with Gasteiger partial charge in [0.15, 0.2) is 6.17 Å². The van der Waals surface area contributed by atoms with Crippen molar-refractivity contribution in [2.45, 2.75) is 12.3 Å². The zero-order chi connectivity index (χ0) is 25.8. The number of nitrogens with one attached hydrogen (secondary N) is 1. The summed E-state index contributed by atoms with van der Waals surface area (Å²) in [6, 6.07) is 45.0. The number of rotatable bonds is 3. The van der Waals surface area contributed by atoms with Crippen LogP contribution in [0.5, 0.6) is 0 Å². The third-order valence-electron chi connectivity index (χ3n) is 7.84. The number of aliphatic imine (C=N–C) groups is 1. The molecular formula is C35H26N3O+. The van der Waals surface area contributed by atoms with E-state index in [4.69, 9.17) is 9.41 Å². The Balaban J connectivity index is 1.24. The van der Waals surface area contributed by atoms with Gasteiger partial charge in [-0.2, -0.15) is 0 Å². The van der Waals surface area contributed by atoms with E-state index in [1.54, 1.807) is 0 Å². The number of fused-ring (bicyclic) bond motifs is 5. The Morgan fingerprint density at radius 1 is 0.564 bits per heavy atom. The number of hydrogen-bond donors (Lipinski definition) is 2. The van der Waals surface area contributed by atoms with E-state index in [0.29, 0.717) is 0 Å². The van der Waals surface area contributed by atoms with Gasteiger partial charge in [-0.05, 0) is 51.9 Å². The van der Waals surface area contributed by atoms with Gasteiger partial charge in [0.05, 0.1) is 0 Å². The monoisotopic (exact) mass is 504 g/mol. The van der Waals surface area contributed by atoms with Gasteiger partial charge in [-0.1, -0.05) is 97.1 Å². The van der Waals surface area contributed by atoms with Crippen molar-refractivity contribution in [1.29, 1.82) is 0 Å². The molecule has 1 aromatic heterocycles. The maximum absolute atomic E-state index is 6.23. The molecule has 1 aliphatic heterocycles. The summed E-state index contributed by atoms with van der Waals surface area (Å²) >= 11 is 0. The second kappa shape index (κ2) is 8.83. The number of quaternary nitrogens is 1. The largest absolute Gasteiger partial charge is 0.456 e. The van der Waals surface area contributed by atoms with Crippen molar-refractivity contribution in [3.63, 3.8) is 0 Å². The average Bonchev–Trinajstić information content (AvgIpc) is 3.38. The van der Waals surface area contributed by atoms with E-state index in [1.807, 2.05) is 12.1 Å². The number of amidine groups is 1. The lowest BCUT2D eigenvalue weighted by atomic mass is 10.0. The normalized spacial score (nSPS) is 17.5. The second-order valence-corrected chi connectivity index (χ2v) is 10.3. The molecule has 186 valence electrons. The van der Waals surface area contributed by atoms with Crippen molar-refractivity contribution in [3.8, 4) is 0 Å². The number of nitrogens with zero attached hydrogens (tertiary/aromatic N) is 1. The Morgan fingerprint density at radius 2 is 1.23 bits per heavy atom. The number of nitrogens with two attached hydrogens (primary N) is 1. The van der Waals surface area contributed by atoms with Crippen molar-refractivity contribution in [3.05, 3.63) is 144 Å². The summed E-state index contributed by atoms with van der Waals surface area (Å²) in [7, 11) is 0. The molecule has 0 spiro atoms. The fraction of sp³-hybridized carbons (Fsp3) is 0.0571. The summed E-state index contributed by atoms with van der Waals surface area (Å²) in [5.41, 5.74) is 5.24. The highest BCUT2D eigenvalue weighted by atomic mass is 16.3. The van der Waals surface area contributed by atoms with Gasteiger partial charge in [0.1, 0.15) is 17.0 Å². The number of furan rings is 1. The van der Waals surface area contributed by atoms with Gasteiger partial charge < -0.3 is 9.73 Å². The Hall–Kier alpha value is -4.93. The highest BCUT2D eigenvalue weighted by Gasteiger charge is 2.30. The molecule has 4 nitrogen and oxygen atoms in total. The first kappa shape index (κ1) is 22.1. The molecule has 0 amide bonds. The summed E-state index contributed by atoms with van der Waals surface area (Å²) < 4.78 is 6.23. The molecule has 2 atom stereocenters. The number of benzene rings is 6. The minimum absolute atomic E-state index is 0.0296. The first-order valence-corrected chi connectivity index (χ1v) is 13.4. The lowest BCUT2D eigenvalue weighted by Gasteiger charge is -2.29. The molecule has 4 heteroatoms. The van der Waals surface area contributed by atoms with Crippen LogP contribution in [0, 0.1) is 0 Å². The Morgan fingerprint density at radius 3 is 2.08 bits per heavy atom. The van der Waals surface area contributed by atoms with Crippen LogP contribution in [0.4, 0.5) is 0 Å². The summed E-state index contributed by atoms with van der Waals surface area (Å²) in [6.07, 6.45) is -0.119. The van der Waals surface area contributed by atoms with Crippen LogP contribution in [0.15, 0.2) is 137 Å². The zero-order valence-electron chi connectivity index (χ0n) is 21.2. The highest BCUT2D eigenvalue weighted by molar-refractivity contribution is 6.05. The van der Waals surface area contributed by atoms with Crippen LogP contribution in [0.3, 0.4) is 0 Å². The van der Waals surface area contributed by atoms with Crippen molar-refractivity contribution in [2.75, 3.05) is 0 Å². The van der Waals surface area contributed by atoms with Crippen LogP contribution in [0.2, 0.25) is 0 Å². The molecule has 3 N–H and O–H groups in total. The van der Waals surface area contributed by atoms with E-state index >= 15 is 0 Å². The summed E-state index contributed by atoms with van der Waals surface area (Å²) in [6.45, 7) is 0. The SMILES string of the molecule is c1ccc2cc(C3=NC(c4ccc5ccccc5c4)[NH2+]C(c4ccc5c(c4)oc4ccccc45)N3)ccc2c1. The van der Waals surface area contributed by atoms with Crippen LogP contribution >= 0.6 is 0 Å². The van der Waals surface area contributed by atoms with Crippen LogP contribution in [0.25, 0.3) is 43.5 Å². The molecule has 1 aliphatic rings. The highest BCUT2D eigenvalue weighted by Crippen LogP contribution is 2.31. The van der Waals surface area contributed by atoms with E-state index in [2.05, 4.69) is 126 Å². The van der Waals surface area contributed by atoms with E-state index in [1.165, 1.54) is 27.1 Å². The molecule has 0 radical (unpaired) electrons. The average molecular weight is 505 g/mol. The van der Waals surface area contributed by atoms with Gasteiger partial charge in [-0.15, -0.1) is 0 Å². The fourth-order valence-corrected chi connectivity index (χ4v) is 5.80. The molecule has 0 saturated heterocycles. The maximum atomic E-state index is 6.23. The van der Waals surface area contributed by atoms with E-state index < -0.39 is 0 Å². The second-order valence-electron chi connectivity index (χ2n) is 10.3. The molecule has 2 unspecified atom stereocenters. The Labute approximate surface area is 225 Å². The number of hydrogen-bond acceptors (Lipinski definition) is 3. The molecule has 0 bridgehead atoms. The van der Waals surface area contributed by atoms with E-state index in [-0.39, 0.29) is 12.3 Å². The van der Waals surface area contributed by atoms with E-state index in [9.17, 15) is 0 Å². The van der Waals surface area contributed by atoms with Crippen molar-refractivity contribution in [2.24, 2.45) is 4.99 Å². The topological polar surface area (TPSA) is 54.1 Å². The fourth-order valence-electron chi connectivity index (χ4n) is 5.80. The van der Waals surface area contributed by atoms with Gasteiger partial charge in [-0.25, -0.2) is 4.99 Å². The summed E-state index contributed by atoms with van der Waals surface area (Å²) in [5, 5.41) is 13.2. The van der Waals surface area contributed by atoms with Crippen LogP contribution < -0.4 is 10.6 Å². The van der Waals surface area contributed by atoms with Gasteiger partial charge in [0, 0.05) is 27.5 Å². The van der Waals surface area contributed by atoms with Crippen LogP contribution in [-0.4, -0.2) is 5.84 Å². The van der Waals surface area contributed by atoms with Crippen molar-refractivity contribution >= 4 is 49.3 Å². The van der Waals surface area contributed by atoms with E-state index in [0.717, 1.165) is 38.9 Å². The van der Waals surface area contributed by atoms with Gasteiger partial charge in [-0.3, -0.25) is 5.32 Å². The molecular weight excluding hydrogens is 478 g/mol. The predicted molar refractivity (Wildman–Crippen MR) is 159 cm³/mol. The smallest absolute Gasteiger partial charge is 0.209 e. The molecule has 7 aromatic rings. The molecule has 0 fully saturated rings. The lowest BCUT2D eigenvalue weighted by molar-refractivity contribution is -0.739. The Bertz CT molecular complexity index is 2050. The van der Waals surface area contributed by atoms with Gasteiger partial charge in [0.2, 0.25) is 6.17 Å². The zero-order valence-corrected chi connectivity index (χ0v) is 21.2. The molecule has 0 aliphatic carbocycles. The summed E-state index contributed by atoms with van der Waals surface area (Å²) in [5.74, 6) is 0.899. The Kier molecular flexibility index (Phi) is 5.00. The molecule has 39 heavy (non-hydrogen) atoms. The predicted octanol–water partition coefficient (Wildman–Crippen LogP) is 7.20. The molecule has 2 heterocycles. The van der Waals surface area contributed by atoms with Crippen molar-refractivity contribution in [1.82, 2.24) is 5.32 Å². The van der Waals surface area contributed by atoms with Gasteiger partial charge in [0.25, 0.3) is 0 Å². The standard InChI is InChI=1S/C35H25N3O/c1-3-9-24-19-26(15-13-22(24)7-1)33-36-34(27-16-14-23-8-2-4-10-25(23)20-27)38-35(37-33)28-17-18-30-29-11-5-6-12-31(29)39-32(30)21-28/h1-21,33,35,37H,(H,36,38)/p+1. The lowest BCUT2D eigenvalue weighted by Crippen LogP contribution is -2.90.